The molecule has 5 heteroatoms. The highest BCUT2D eigenvalue weighted by Gasteiger charge is 2.41. The minimum absolute atomic E-state index is 0.465. The number of nitrogens with two attached hydrogens (primary N) is 1. The van der Waals surface area contributed by atoms with Crippen molar-refractivity contribution in [2.75, 3.05) is 0 Å². The Hall–Kier alpha value is -1.49. The highest BCUT2D eigenvalue weighted by atomic mass is 32.2. The molecule has 0 saturated carbocycles. The number of unbranched alkanes of at least 4 members (excludes halogenated alkanes) is 1. The van der Waals surface area contributed by atoms with Crippen LogP contribution < -0.4 is 5.73 Å². The molecule has 21 heavy (non-hydrogen) atoms. The first kappa shape index (κ1) is 17.6. The van der Waals surface area contributed by atoms with Gasteiger partial charge in [-0.05, 0) is 18.4 Å². The van der Waals surface area contributed by atoms with Gasteiger partial charge in [-0.15, -0.1) is 11.8 Å². The molecule has 0 bridgehead atoms. The number of primary amides is 1. The summed E-state index contributed by atoms with van der Waals surface area (Å²) in [5.41, 5.74) is 6.41. The van der Waals surface area contributed by atoms with Crippen molar-refractivity contribution in [3.8, 4) is 0 Å². The fourth-order valence-electron chi connectivity index (χ4n) is 2.30. The number of benzene rings is 1. The number of carbonyl (C=O) groups excluding carboxylic acids is 1. The number of amides is 1. The Labute approximate surface area is 130 Å². The number of carboxylic acid groups (broad SMARTS) is 1. The van der Waals surface area contributed by atoms with Crippen LogP contribution in [0.3, 0.4) is 0 Å². The number of carboxylic acids is 1. The molecule has 0 fully saturated rings. The maximum absolute atomic E-state index is 12.1. The second kappa shape index (κ2) is 8.08. The predicted octanol–water partition coefficient (Wildman–Crippen LogP) is 3.15. The molecular formula is C16H23NO3S. The average molecular weight is 309 g/mol. The van der Waals surface area contributed by atoms with E-state index in [1.807, 2.05) is 44.2 Å². The zero-order chi connectivity index (χ0) is 15.9. The van der Waals surface area contributed by atoms with Crippen LogP contribution in [0.1, 0.15) is 45.1 Å². The minimum atomic E-state index is -0.988. The van der Waals surface area contributed by atoms with Crippen LogP contribution in [0.25, 0.3) is 0 Å². The van der Waals surface area contributed by atoms with Gasteiger partial charge < -0.3 is 10.8 Å². The van der Waals surface area contributed by atoms with Gasteiger partial charge in [0.15, 0.2) is 0 Å². The highest BCUT2D eigenvalue weighted by Crippen LogP contribution is 2.43. The molecule has 0 aromatic heterocycles. The predicted molar refractivity (Wildman–Crippen MR) is 86.1 cm³/mol. The molecule has 0 heterocycles. The zero-order valence-corrected chi connectivity index (χ0v) is 13.4. The van der Waals surface area contributed by atoms with Gasteiger partial charge in [0.05, 0.1) is 0 Å². The largest absolute Gasteiger partial charge is 0.480 e. The minimum Gasteiger partial charge on any atom is -0.480 e. The Balaban J connectivity index is 3.13. The Morgan fingerprint density at radius 1 is 1.29 bits per heavy atom. The van der Waals surface area contributed by atoms with Crippen molar-refractivity contribution in [1.29, 1.82) is 0 Å². The van der Waals surface area contributed by atoms with Crippen LogP contribution in [0.4, 0.5) is 0 Å². The Morgan fingerprint density at radius 2 is 1.90 bits per heavy atom. The van der Waals surface area contributed by atoms with E-state index in [4.69, 9.17) is 5.73 Å². The van der Waals surface area contributed by atoms with E-state index in [9.17, 15) is 14.7 Å². The summed E-state index contributed by atoms with van der Waals surface area (Å²) in [6, 6.07) is 9.21. The van der Waals surface area contributed by atoms with Gasteiger partial charge in [0.1, 0.15) is 10.00 Å². The van der Waals surface area contributed by atoms with Gasteiger partial charge in [-0.1, -0.05) is 57.0 Å². The summed E-state index contributed by atoms with van der Waals surface area (Å²) in [6.45, 7) is 3.88. The summed E-state index contributed by atoms with van der Waals surface area (Å²) in [5.74, 6) is -1.37. The smallest absolute Gasteiger partial charge is 0.316 e. The molecule has 1 rings (SSSR count). The summed E-state index contributed by atoms with van der Waals surface area (Å²) < 4.78 is -0.988. The molecule has 1 amide bonds. The van der Waals surface area contributed by atoms with Gasteiger partial charge in [-0.25, -0.2) is 0 Å². The second-order valence-electron chi connectivity index (χ2n) is 5.00. The van der Waals surface area contributed by atoms with Crippen molar-refractivity contribution < 1.29 is 14.7 Å². The van der Waals surface area contributed by atoms with Crippen molar-refractivity contribution in [3.63, 3.8) is 0 Å². The molecule has 0 radical (unpaired) electrons. The van der Waals surface area contributed by atoms with E-state index in [1.54, 1.807) is 0 Å². The lowest BCUT2D eigenvalue weighted by Gasteiger charge is -2.32. The molecule has 1 aromatic rings. The maximum Gasteiger partial charge on any atom is 0.316 e. The number of hydrogen-bond acceptors (Lipinski definition) is 3. The van der Waals surface area contributed by atoms with Crippen LogP contribution in [0, 0.1) is 0 Å². The molecule has 0 saturated heterocycles. The Morgan fingerprint density at radius 3 is 2.33 bits per heavy atom. The van der Waals surface area contributed by atoms with Crippen molar-refractivity contribution in [2.45, 2.75) is 49.5 Å². The molecule has 0 aliphatic carbocycles. The van der Waals surface area contributed by atoms with Gasteiger partial charge in [0.2, 0.25) is 5.91 Å². The summed E-state index contributed by atoms with van der Waals surface area (Å²) >= 11 is 1.17. The van der Waals surface area contributed by atoms with Gasteiger partial charge in [-0.3, -0.25) is 9.59 Å². The SMILES string of the molecule is CCCC[C@@H](S[C@@](CC)(C(N)=O)c1ccccc1)C(=O)O. The van der Waals surface area contributed by atoms with Crippen molar-refractivity contribution in [1.82, 2.24) is 0 Å². The van der Waals surface area contributed by atoms with E-state index in [-0.39, 0.29) is 0 Å². The van der Waals surface area contributed by atoms with Gasteiger partial charge >= 0.3 is 5.97 Å². The van der Waals surface area contributed by atoms with Gasteiger partial charge in [0.25, 0.3) is 0 Å². The third-order valence-electron chi connectivity index (χ3n) is 3.57. The fourth-order valence-corrected chi connectivity index (χ4v) is 3.73. The van der Waals surface area contributed by atoms with Crippen LogP contribution in [-0.4, -0.2) is 22.2 Å². The molecule has 4 nitrogen and oxygen atoms in total. The molecule has 116 valence electrons. The van der Waals surface area contributed by atoms with E-state index in [1.165, 1.54) is 11.8 Å². The van der Waals surface area contributed by atoms with E-state index >= 15 is 0 Å². The molecule has 3 N–H and O–H groups in total. The Bertz CT molecular complexity index is 478. The van der Waals surface area contributed by atoms with Crippen LogP contribution in [-0.2, 0) is 14.3 Å². The van der Waals surface area contributed by atoms with Crippen LogP contribution in [0.2, 0.25) is 0 Å². The molecule has 0 aliphatic rings. The topological polar surface area (TPSA) is 80.4 Å². The maximum atomic E-state index is 12.1. The molecule has 1 aromatic carbocycles. The summed E-state index contributed by atoms with van der Waals surface area (Å²) in [5, 5.41) is 8.79. The Kier molecular flexibility index (Phi) is 6.75. The third-order valence-corrected chi connectivity index (χ3v) is 5.42. The van der Waals surface area contributed by atoms with E-state index in [0.717, 1.165) is 18.4 Å². The average Bonchev–Trinajstić information content (AvgIpc) is 2.48. The standard InChI is InChI=1S/C16H23NO3S/c1-3-5-11-13(14(18)19)21-16(4-2,15(17)20)12-9-7-6-8-10-12/h6-10,13H,3-5,11H2,1-2H3,(H2,17,20)(H,18,19)/t13-,16-/m1/s1. The lowest BCUT2D eigenvalue weighted by molar-refractivity contribution is -0.136. The van der Waals surface area contributed by atoms with Crippen molar-refractivity contribution in [2.24, 2.45) is 5.73 Å². The normalized spacial score (nSPS) is 15.1. The quantitative estimate of drug-likeness (QED) is 0.734. The molecular weight excluding hydrogens is 286 g/mol. The lowest BCUT2D eigenvalue weighted by Crippen LogP contribution is -2.40. The first-order valence-corrected chi connectivity index (χ1v) is 8.12. The third kappa shape index (κ3) is 4.24. The molecule has 0 spiro atoms. The highest BCUT2D eigenvalue weighted by molar-refractivity contribution is 8.02. The lowest BCUT2D eigenvalue weighted by atomic mass is 9.95. The number of carbonyl (C=O) groups is 2. The van der Waals surface area contributed by atoms with Gasteiger partial charge in [0, 0.05) is 0 Å². The zero-order valence-electron chi connectivity index (χ0n) is 12.5. The van der Waals surface area contributed by atoms with Crippen LogP contribution in [0.5, 0.6) is 0 Å². The number of thioether (sulfide) groups is 1. The first-order chi connectivity index (χ1) is 9.97. The van der Waals surface area contributed by atoms with Crippen molar-refractivity contribution >= 4 is 23.6 Å². The molecule has 0 aliphatic heterocycles. The van der Waals surface area contributed by atoms with E-state index < -0.39 is 21.9 Å². The molecule has 0 unspecified atom stereocenters. The number of aliphatic carboxylic acids is 1. The first-order valence-electron chi connectivity index (χ1n) is 7.24. The fraction of sp³-hybridized carbons (Fsp3) is 0.500. The summed E-state index contributed by atoms with van der Waals surface area (Å²) in [7, 11) is 0. The van der Waals surface area contributed by atoms with E-state index in [0.29, 0.717) is 12.8 Å². The van der Waals surface area contributed by atoms with E-state index in [2.05, 4.69) is 0 Å². The number of hydrogen-bond donors (Lipinski definition) is 2. The van der Waals surface area contributed by atoms with Crippen LogP contribution in [0.15, 0.2) is 30.3 Å². The summed E-state index contributed by atoms with van der Waals surface area (Å²) in [4.78, 5) is 23.6. The molecule has 2 atom stereocenters. The second-order valence-corrected chi connectivity index (χ2v) is 6.50. The summed E-state index contributed by atoms with van der Waals surface area (Å²) in [6.07, 6.45) is 2.74. The van der Waals surface area contributed by atoms with Crippen LogP contribution >= 0.6 is 11.8 Å². The van der Waals surface area contributed by atoms with Crippen molar-refractivity contribution in [3.05, 3.63) is 35.9 Å². The number of rotatable bonds is 9. The van der Waals surface area contributed by atoms with Gasteiger partial charge in [-0.2, -0.15) is 0 Å². The monoisotopic (exact) mass is 309 g/mol.